The lowest BCUT2D eigenvalue weighted by molar-refractivity contribution is -0.0192. The lowest BCUT2D eigenvalue weighted by Gasteiger charge is -2.30. The van der Waals surface area contributed by atoms with Crippen LogP contribution in [0.1, 0.15) is 18.3 Å². The number of rotatable bonds is 5. The molecule has 1 aliphatic rings. The van der Waals surface area contributed by atoms with E-state index >= 15 is 0 Å². The minimum absolute atomic E-state index is 0.210. The molecule has 1 aliphatic heterocycles. The molecule has 0 bridgehead atoms. The van der Waals surface area contributed by atoms with Crippen molar-refractivity contribution < 1.29 is 13.7 Å². The minimum Gasteiger partial charge on any atom is -0.376 e. The molecule has 0 saturated carbocycles. The second kappa shape index (κ2) is 7.06. The zero-order chi connectivity index (χ0) is 16.2. The van der Waals surface area contributed by atoms with Gasteiger partial charge in [0, 0.05) is 32.6 Å². The lowest BCUT2D eigenvalue weighted by Crippen LogP contribution is -2.43. The molecule has 2 heterocycles. The van der Waals surface area contributed by atoms with Crippen molar-refractivity contribution >= 4 is 0 Å². The molecule has 0 amide bonds. The highest BCUT2D eigenvalue weighted by atomic mass is 19.1. The van der Waals surface area contributed by atoms with Crippen molar-refractivity contribution in [2.75, 3.05) is 26.2 Å². The molecule has 0 spiro atoms. The number of nitrogens with zero attached hydrogens (tertiary/aromatic N) is 3. The fraction of sp³-hybridized carbons (Fsp3) is 0.500. The molecule has 1 atom stereocenters. The van der Waals surface area contributed by atoms with E-state index in [1.807, 2.05) is 6.92 Å². The van der Waals surface area contributed by atoms with Crippen LogP contribution in [0.5, 0.6) is 0 Å². The molecule has 1 unspecified atom stereocenters. The molecular weight excluding hydrogens is 301 g/mol. The fourth-order valence-corrected chi connectivity index (χ4v) is 2.76. The van der Waals surface area contributed by atoms with E-state index in [1.54, 1.807) is 16.7 Å². The summed E-state index contributed by atoms with van der Waals surface area (Å²) < 4.78 is 24.8. The maximum atomic E-state index is 13.0. The topological polar surface area (TPSA) is 60.5 Å². The van der Waals surface area contributed by atoms with Crippen molar-refractivity contribution in [3.8, 4) is 0 Å². The van der Waals surface area contributed by atoms with Gasteiger partial charge < -0.3 is 4.74 Å². The van der Waals surface area contributed by atoms with Gasteiger partial charge in [0.05, 0.1) is 12.7 Å². The SMILES string of the molecule is CC1CN(CCn2c(Cc3ccc(F)cc3)noc2=O)CCO1. The highest BCUT2D eigenvalue weighted by Crippen LogP contribution is 2.09. The third-order valence-electron chi connectivity index (χ3n) is 4.00. The third-order valence-corrected chi connectivity index (χ3v) is 4.00. The van der Waals surface area contributed by atoms with Crippen LogP contribution in [0, 0.1) is 5.82 Å². The molecule has 0 aliphatic carbocycles. The summed E-state index contributed by atoms with van der Waals surface area (Å²) in [5.41, 5.74) is 0.883. The Morgan fingerprint density at radius 3 is 2.83 bits per heavy atom. The van der Waals surface area contributed by atoms with Gasteiger partial charge in [0.2, 0.25) is 0 Å². The predicted molar refractivity (Wildman–Crippen MR) is 81.8 cm³/mol. The van der Waals surface area contributed by atoms with E-state index in [4.69, 9.17) is 9.26 Å². The summed E-state index contributed by atoms with van der Waals surface area (Å²) >= 11 is 0. The van der Waals surface area contributed by atoms with Crippen LogP contribution in [-0.4, -0.2) is 47.0 Å². The van der Waals surface area contributed by atoms with Crippen molar-refractivity contribution in [3.63, 3.8) is 0 Å². The molecule has 3 rings (SSSR count). The van der Waals surface area contributed by atoms with E-state index in [0.717, 1.165) is 25.2 Å². The van der Waals surface area contributed by atoms with Crippen LogP contribution in [-0.2, 0) is 17.7 Å². The van der Waals surface area contributed by atoms with Crippen molar-refractivity contribution in [1.29, 1.82) is 0 Å². The van der Waals surface area contributed by atoms with E-state index < -0.39 is 5.76 Å². The summed E-state index contributed by atoms with van der Waals surface area (Å²) in [6.07, 6.45) is 0.646. The normalized spacial score (nSPS) is 19.1. The quantitative estimate of drug-likeness (QED) is 0.830. The average molecular weight is 321 g/mol. The molecule has 124 valence electrons. The molecule has 2 aromatic rings. The van der Waals surface area contributed by atoms with Crippen molar-refractivity contribution in [2.24, 2.45) is 0 Å². The Balaban J connectivity index is 1.66. The summed E-state index contributed by atoms with van der Waals surface area (Å²) in [5, 5.41) is 3.85. The van der Waals surface area contributed by atoms with Gasteiger partial charge in [-0.05, 0) is 24.6 Å². The van der Waals surface area contributed by atoms with E-state index in [0.29, 0.717) is 25.4 Å². The summed E-state index contributed by atoms with van der Waals surface area (Å²) in [7, 11) is 0. The van der Waals surface area contributed by atoms with Crippen LogP contribution < -0.4 is 5.76 Å². The number of aromatic nitrogens is 2. The largest absolute Gasteiger partial charge is 0.441 e. The Labute approximate surface area is 133 Å². The molecule has 1 aromatic heterocycles. The number of morpholine rings is 1. The van der Waals surface area contributed by atoms with Crippen LogP contribution in [0.15, 0.2) is 33.6 Å². The van der Waals surface area contributed by atoms with E-state index in [2.05, 4.69) is 10.1 Å². The summed E-state index contributed by atoms with van der Waals surface area (Å²) in [6, 6.07) is 6.16. The second-order valence-electron chi connectivity index (χ2n) is 5.80. The first-order valence-electron chi connectivity index (χ1n) is 7.75. The van der Waals surface area contributed by atoms with Crippen LogP contribution in [0.4, 0.5) is 4.39 Å². The standard InChI is InChI=1S/C16H20FN3O3/c1-12-11-19(8-9-22-12)6-7-20-15(18-23-16(20)21)10-13-2-4-14(17)5-3-13/h2-5,12H,6-11H2,1H3. The number of hydrogen-bond donors (Lipinski definition) is 0. The van der Waals surface area contributed by atoms with Gasteiger partial charge in [-0.15, -0.1) is 0 Å². The Morgan fingerprint density at radius 1 is 1.30 bits per heavy atom. The first-order chi connectivity index (χ1) is 11.1. The molecular formula is C16H20FN3O3. The van der Waals surface area contributed by atoms with Crippen LogP contribution >= 0.6 is 0 Å². The zero-order valence-electron chi connectivity index (χ0n) is 13.1. The van der Waals surface area contributed by atoms with Crippen LogP contribution in [0.3, 0.4) is 0 Å². The molecule has 1 saturated heterocycles. The molecule has 7 heteroatoms. The molecule has 23 heavy (non-hydrogen) atoms. The Kier molecular flexibility index (Phi) is 4.88. The molecule has 6 nitrogen and oxygen atoms in total. The Morgan fingerprint density at radius 2 is 2.09 bits per heavy atom. The third kappa shape index (κ3) is 4.05. The highest BCUT2D eigenvalue weighted by Gasteiger charge is 2.18. The van der Waals surface area contributed by atoms with Gasteiger partial charge in [0.15, 0.2) is 5.82 Å². The smallest absolute Gasteiger partial charge is 0.376 e. The van der Waals surface area contributed by atoms with E-state index in [-0.39, 0.29) is 11.9 Å². The van der Waals surface area contributed by atoms with Gasteiger partial charge in [-0.2, -0.15) is 0 Å². The lowest BCUT2D eigenvalue weighted by atomic mass is 10.1. The molecule has 1 fully saturated rings. The van der Waals surface area contributed by atoms with Gasteiger partial charge >= 0.3 is 5.76 Å². The number of ether oxygens (including phenoxy) is 1. The van der Waals surface area contributed by atoms with Gasteiger partial charge in [-0.1, -0.05) is 17.3 Å². The minimum atomic E-state index is -0.455. The second-order valence-corrected chi connectivity index (χ2v) is 5.80. The number of halogens is 1. The molecule has 0 N–H and O–H groups in total. The predicted octanol–water partition coefficient (Wildman–Crippen LogP) is 1.29. The monoisotopic (exact) mass is 321 g/mol. The zero-order valence-corrected chi connectivity index (χ0v) is 13.1. The van der Waals surface area contributed by atoms with E-state index in [9.17, 15) is 9.18 Å². The van der Waals surface area contributed by atoms with E-state index in [1.165, 1.54) is 12.1 Å². The number of hydrogen-bond acceptors (Lipinski definition) is 5. The van der Waals surface area contributed by atoms with Gasteiger partial charge in [-0.3, -0.25) is 14.0 Å². The average Bonchev–Trinajstić information content (AvgIpc) is 2.88. The van der Waals surface area contributed by atoms with Gasteiger partial charge in [0.25, 0.3) is 0 Å². The van der Waals surface area contributed by atoms with Crippen molar-refractivity contribution in [3.05, 3.63) is 52.0 Å². The first kappa shape index (κ1) is 15.9. The first-order valence-corrected chi connectivity index (χ1v) is 7.75. The number of benzene rings is 1. The van der Waals surface area contributed by atoms with Gasteiger partial charge in [0.1, 0.15) is 5.82 Å². The highest BCUT2D eigenvalue weighted by molar-refractivity contribution is 5.19. The summed E-state index contributed by atoms with van der Waals surface area (Å²) in [6.45, 7) is 5.72. The van der Waals surface area contributed by atoms with Crippen LogP contribution in [0.25, 0.3) is 0 Å². The maximum Gasteiger partial charge on any atom is 0.441 e. The molecule has 1 aromatic carbocycles. The Bertz CT molecular complexity index is 695. The summed E-state index contributed by atoms with van der Waals surface area (Å²) in [5.74, 6) is -0.181. The van der Waals surface area contributed by atoms with Crippen molar-refractivity contribution in [1.82, 2.24) is 14.6 Å². The maximum absolute atomic E-state index is 13.0. The molecule has 0 radical (unpaired) electrons. The summed E-state index contributed by atoms with van der Waals surface area (Å²) in [4.78, 5) is 14.1. The fourth-order valence-electron chi connectivity index (χ4n) is 2.76. The Hall–Kier alpha value is -1.99. The van der Waals surface area contributed by atoms with Crippen LogP contribution in [0.2, 0.25) is 0 Å². The van der Waals surface area contributed by atoms with Gasteiger partial charge in [-0.25, -0.2) is 9.18 Å². The van der Waals surface area contributed by atoms with Crippen molar-refractivity contribution in [2.45, 2.75) is 26.0 Å².